The molecule has 0 unspecified atom stereocenters. The van der Waals surface area contributed by atoms with Crippen LogP contribution in [-0.4, -0.2) is 21.9 Å². The van der Waals surface area contributed by atoms with E-state index in [0.29, 0.717) is 10.8 Å². The van der Waals surface area contributed by atoms with Crippen LogP contribution in [0.2, 0.25) is 10.3 Å². The lowest BCUT2D eigenvalue weighted by atomic mass is 9.84. The van der Waals surface area contributed by atoms with Crippen molar-refractivity contribution in [3.63, 3.8) is 0 Å². The molecule has 1 saturated carbocycles. The van der Waals surface area contributed by atoms with Gasteiger partial charge in [-0.2, -0.15) is 4.98 Å². The summed E-state index contributed by atoms with van der Waals surface area (Å²) in [7, 11) is 0. The summed E-state index contributed by atoms with van der Waals surface area (Å²) < 4.78 is 0. The van der Waals surface area contributed by atoms with E-state index in [1.165, 1.54) is 6.20 Å². The molecule has 1 heterocycles. The van der Waals surface area contributed by atoms with Crippen molar-refractivity contribution in [3.8, 4) is 0 Å². The number of carbonyl (C=O) groups excluding carboxylic acids is 1. The van der Waals surface area contributed by atoms with Gasteiger partial charge in [-0.05, 0) is 24.4 Å². The van der Waals surface area contributed by atoms with Gasteiger partial charge in [-0.1, -0.05) is 24.4 Å². The predicted octanol–water partition coefficient (Wildman–Crippen LogP) is 2.24. The Bertz CT molecular complexity index is 455. The van der Waals surface area contributed by atoms with Crippen molar-refractivity contribution >= 4 is 34.9 Å². The number of nitrogens with two attached hydrogens (primary N) is 1. The molecule has 0 aliphatic heterocycles. The SMILES string of the molecule is NC(=O)[C@@H]1CCCC[C@@H]1Nc1nc(Cl)ncc1Cl. The number of carbonyl (C=O) groups is 1. The molecule has 0 saturated heterocycles. The first kappa shape index (κ1) is 13.4. The van der Waals surface area contributed by atoms with E-state index < -0.39 is 0 Å². The molecular formula is C11H14Cl2N4O. The van der Waals surface area contributed by atoms with Crippen LogP contribution in [-0.2, 0) is 4.79 Å². The fourth-order valence-electron chi connectivity index (χ4n) is 2.27. The van der Waals surface area contributed by atoms with Crippen molar-refractivity contribution in [3.05, 3.63) is 16.5 Å². The number of nitrogens with zero attached hydrogens (tertiary/aromatic N) is 2. The molecule has 1 aromatic heterocycles. The maximum atomic E-state index is 11.4. The topological polar surface area (TPSA) is 80.9 Å². The highest BCUT2D eigenvalue weighted by Gasteiger charge is 2.30. The van der Waals surface area contributed by atoms with Crippen molar-refractivity contribution in [2.45, 2.75) is 31.7 Å². The molecule has 0 aromatic carbocycles. The zero-order valence-corrected chi connectivity index (χ0v) is 11.2. The monoisotopic (exact) mass is 288 g/mol. The van der Waals surface area contributed by atoms with Gasteiger partial charge >= 0.3 is 0 Å². The molecule has 7 heteroatoms. The van der Waals surface area contributed by atoms with Gasteiger partial charge in [-0.25, -0.2) is 4.98 Å². The van der Waals surface area contributed by atoms with E-state index in [1.807, 2.05) is 0 Å². The van der Waals surface area contributed by atoms with Gasteiger partial charge in [-0.3, -0.25) is 4.79 Å². The smallest absolute Gasteiger partial charge is 0.224 e. The average Bonchev–Trinajstić information content (AvgIpc) is 2.34. The van der Waals surface area contributed by atoms with Gasteiger partial charge < -0.3 is 11.1 Å². The van der Waals surface area contributed by atoms with Crippen LogP contribution in [0.3, 0.4) is 0 Å². The lowest BCUT2D eigenvalue weighted by Crippen LogP contribution is -2.40. The third-order valence-corrected chi connectivity index (χ3v) is 3.63. The Morgan fingerprint density at radius 2 is 2.11 bits per heavy atom. The molecule has 1 amide bonds. The molecule has 1 fully saturated rings. The summed E-state index contributed by atoms with van der Waals surface area (Å²) in [5, 5.41) is 3.65. The Kier molecular flexibility index (Phi) is 4.24. The molecule has 1 aromatic rings. The number of hydrogen-bond donors (Lipinski definition) is 2. The van der Waals surface area contributed by atoms with E-state index in [-0.39, 0.29) is 23.2 Å². The van der Waals surface area contributed by atoms with E-state index in [9.17, 15) is 4.79 Å². The number of nitrogens with one attached hydrogen (secondary N) is 1. The first-order valence-corrected chi connectivity index (χ1v) is 6.57. The van der Waals surface area contributed by atoms with Gasteiger partial charge in [0.25, 0.3) is 0 Å². The normalized spacial score (nSPS) is 23.7. The van der Waals surface area contributed by atoms with Crippen LogP contribution in [0.15, 0.2) is 6.20 Å². The second kappa shape index (κ2) is 5.71. The summed E-state index contributed by atoms with van der Waals surface area (Å²) in [6, 6.07) is -0.0419. The quantitative estimate of drug-likeness (QED) is 0.836. The van der Waals surface area contributed by atoms with E-state index in [1.54, 1.807) is 0 Å². The van der Waals surface area contributed by atoms with Crippen molar-refractivity contribution in [2.24, 2.45) is 11.7 Å². The average molecular weight is 289 g/mol. The summed E-state index contributed by atoms with van der Waals surface area (Å²) in [5.74, 6) is -0.0261. The third-order valence-electron chi connectivity index (χ3n) is 3.17. The molecule has 1 aliphatic carbocycles. The molecule has 0 spiro atoms. The van der Waals surface area contributed by atoms with Crippen LogP contribution in [0.5, 0.6) is 0 Å². The van der Waals surface area contributed by atoms with Gasteiger partial charge in [0, 0.05) is 6.04 Å². The zero-order chi connectivity index (χ0) is 13.1. The molecule has 5 nitrogen and oxygen atoms in total. The molecule has 18 heavy (non-hydrogen) atoms. The minimum atomic E-state index is -0.288. The number of aromatic nitrogens is 2. The first-order valence-electron chi connectivity index (χ1n) is 5.82. The highest BCUT2D eigenvalue weighted by molar-refractivity contribution is 6.33. The van der Waals surface area contributed by atoms with E-state index >= 15 is 0 Å². The summed E-state index contributed by atoms with van der Waals surface area (Å²) >= 11 is 11.7. The maximum absolute atomic E-state index is 11.4. The van der Waals surface area contributed by atoms with E-state index in [2.05, 4.69) is 15.3 Å². The molecule has 2 atom stereocenters. The lowest BCUT2D eigenvalue weighted by molar-refractivity contribution is -0.122. The highest BCUT2D eigenvalue weighted by atomic mass is 35.5. The highest BCUT2D eigenvalue weighted by Crippen LogP contribution is 2.29. The third kappa shape index (κ3) is 3.03. The van der Waals surface area contributed by atoms with Crippen LogP contribution in [0.25, 0.3) is 0 Å². The first-order chi connectivity index (χ1) is 8.58. The fraction of sp³-hybridized carbons (Fsp3) is 0.545. The predicted molar refractivity (Wildman–Crippen MR) is 70.6 cm³/mol. The second-order valence-corrected chi connectivity index (χ2v) is 5.12. The van der Waals surface area contributed by atoms with Crippen molar-refractivity contribution in [1.29, 1.82) is 0 Å². The standard InChI is InChI=1S/C11H14Cl2N4O/c12-7-5-15-11(13)17-10(7)16-8-4-2-1-3-6(8)9(14)18/h5-6,8H,1-4H2,(H2,14,18)(H,15,16,17)/t6-,8+/m1/s1. The largest absolute Gasteiger partial charge is 0.369 e. The summed E-state index contributed by atoms with van der Waals surface area (Å²) in [6.07, 6.45) is 5.16. The molecular weight excluding hydrogens is 275 g/mol. The number of hydrogen-bond acceptors (Lipinski definition) is 4. The van der Waals surface area contributed by atoms with Gasteiger partial charge in [0.1, 0.15) is 10.8 Å². The van der Waals surface area contributed by atoms with Crippen molar-refractivity contribution < 1.29 is 4.79 Å². The van der Waals surface area contributed by atoms with Gasteiger partial charge in [0.15, 0.2) is 0 Å². The van der Waals surface area contributed by atoms with Crippen molar-refractivity contribution in [2.75, 3.05) is 5.32 Å². The number of anilines is 1. The maximum Gasteiger partial charge on any atom is 0.224 e. The number of halogens is 2. The van der Waals surface area contributed by atoms with Crippen LogP contribution >= 0.6 is 23.2 Å². The van der Waals surface area contributed by atoms with Gasteiger partial charge in [0.2, 0.25) is 11.2 Å². The molecule has 1 aliphatic rings. The Labute approximate surface area is 115 Å². The van der Waals surface area contributed by atoms with Gasteiger partial charge in [0.05, 0.1) is 12.1 Å². The molecule has 2 rings (SSSR count). The Morgan fingerprint density at radius 3 is 2.83 bits per heavy atom. The zero-order valence-electron chi connectivity index (χ0n) is 9.70. The Balaban J connectivity index is 2.15. The Hall–Kier alpha value is -1.07. The summed E-state index contributed by atoms with van der Waals surface area (Å²) in [4.78, 5) is 19.2. The van der Waals surface area contributed by atoms with Crippen LogP contribution < -0.4 is 11.1 Å². The molecule has 0 bridgehead atoms. The summed E-state index contributed by atoms with van der Waals surface area (Å²) in [6.45, 7) is 0. The fourth-order valence-corrected chi connectivity index (χ4v) is 2.55. The Morgan fingerprint density at radius 1 is 1.39 bits per heavy atom. The molecule has 98 valence electrons. The van der Waals surface area contributed by atoms with Crippen LogP contribution in [0.4, 0.5) is 5.82 Å². The van der Waals surface area contributed by atoms with E-state index in [0.717, 1.165) is 25.7 Å². The second-order valence-electron chi connectivity index (χ2n) is 4.38. The van der Waals surface area contributed by atoms with Crippen LogP contribution in [0, 0.1) is 5.92 Å². The number of amides is 1. The lowest BCUT2D eigenvalue weighted by Gasteiger charge is -2.30. The minimum Gasteiger partial charge on any atom is -0.369 e. The molecule has 3 N–H and O–H groups in total. The van der Waals surface area contributed by atoms with Crippen LogP contribution in [0.1, 0.15) is 25.7 Å². The number of rotatable bonds is 3. The minimum absolute atomic E-state index is 0.0419. The number of primary amides is 1. The van der Waals surface area contributed by atoms with Gasteiger partial charge in [-0.15, -0.1) is 0 Å². The summed E-state index contributed by atoms with van der Waals surface area (Å²) in [5.41, 5.74) is 5.41. The van der Waals surface area contributed by atoms with E-state index in [4.69, 9.17) is 28.9 Å². The van der Waals surface area contributed by atoms with Crippen molar-refractivity contribution in [1.82, 2.24) is 9.97 Å². The molecule has 0 radical (unpaired) electrons.